The highest BCUT2D eigenvalue weighted by Crippen LogP contribution is 2.26. The molecule has 0 aliphatic heterocycles. The molecule has 0 heterocycles. The van der Waals surface area contributed by atoms with Gasteiger partial charge in [-0.15, -0.1) is 0 Å². The van der Waals surface area contributed by atoms with Crippen LogP contribution < -0.4 is 10.5 Å². The average Bonchev–Trinajstić information content (AvgIpc) is 2.28. The van der Waals surface area contributed by atoms with Crippen LogP contribution in [0.4, 0.5) is 0 Å². The zero-order chi connectivity index (χ0) is 13.1. The third-order valence-electron chi connectivity index (χ3n) is 2.64. The second-order valence-corrected chi connectivity index (χ2v) is 4.33. The van der Waals surface area contributed by atoms with E-state index in [1.54, 1.807) is 0 Å². The minimum Gasteiger partial charge on any atom is -0.457 e. The second kappa shape index (κ2) is 4.92. The molecule has 3 heteroatoms. The molecule has 92 valence electrons. The number of nitrogen functional groups attached to an aromatic ring is 1. The smallest absolute Gasteiger partial charge is 0.138 e. The number of hydrogen-bond donors (Lipinski definition) is 2. The molecule has 2 aromatic rings. The fourth-order valence-electron chi connectivity index (χ4n) is 1.74. The zero-order valence-corrected chi connectivity index (χ0v) is 10.5. The molecular formula is C15H16N2O. The lowest BCUT2D eigenvalue weighted by atomic mass is 10.1. The summed E-state index contributed by atoms with van der Waals surface area (Å²) >= 11 is 0. The predicted molar refractivity (Wildman–Crippen MR) is 73.4 cm³/mol. The van der Waals surface area contributed by atoms with Gasteiger partial charge >= 0.3 is 0 Å². The molecule has 0 aliphatic carbocycles. The first-order valence-electron chi connectivity index (χ1n) is 5.76. The fraction of sp³-hybridized carbons (Fsp3) is 0.133. The van der Waals surface area contributed by atoms with Crippen molar-refractivity contribution in [2.75, 3.05) is 0 Å². The van der Waals surface area contributed by atoms with Gasteiger partial charge in [-0.05, 0) is 49.2 Å². The van der Waals surface area contributed by atoms with Crippen LogP contribution in [-0.4, -0.2) is 5.84 Å². The first kappa shape index (κ1) is 12.2. The van der Waals surface area contributed by atoms with Gasteiger partial charge in [-0.1, -0.05) is 18.2 Å². The Bertz CT molecular complexity index is 591. The Labute approximate surface area is 107 Å². The summed E-state index contributed by atoms with van der Waals surface area (Å²) in [6.07, 6.45) is 0. The maximum atomic E-state index is 7.55. The van der Waals surface area contributed by atoms with Crippen LogP contribution in [0.5, 0.6) is 11.5 Å². The molecule has 0 fully saturated rings. The Morgan fingerprint density at radius 1 is 1.06 bits per heavy atom. The van der Waals surface area contributed by atoms with Gasteiger partial charge in [0.15, 0.2) is 0 Å². The van der Waals surface area contributed by atoms with E-state index in [2.05, 4.69) is 0 Å². The van der Waals surface area contributed by atoms with E-state index in [-0.39, 0.29) is 5.84 Å². The third kappa shape index (κ3) is 2.69. The highest BCUT2D eigenvalue weighted by atomic mass is 16.5. The summed E-state index contributed by atoms with van der Waals surface area (Å²) < 4.78 is 5.81. The third-order valence-corrected chi connectivity index (χ3v) is 2.64. The summed E-state index contributed by atoms with van der Waals surface area (Å²) in [4.78, 5) is 0. The number of ether oxygens (including phenoxy) is 1. The van der Waals surface area contributed by atoms with Crippen molar-refractivity contribution in [3.05, 3.63) is 59.2 Å². The molecule has 2 rings (SSSR count). The van der Waals surface area contributed by atoms with Gasteiger partial charge < -0.3 is 10.5 Å². The van der Waals surface area contributed by atoms with Crippen molar-refractivity contribution in [2.45, 2.75) is 13.8 Å². The highest BCUT2D eigenvalue weighted by Gasteiger charge is 2.08. The van der Waals surface area contributed by atoms with Crippen LogP contribution >= 0.6 is 0 Å². The summed E-state index contributed by atoms with van der Waals surface area (Å²) in [5.74, 6) is 1.38. The Kier molecular flexibility index (Phi) is 3.33. The summed E-state index contributed by atoms with van der Waals surface area (Å²) in [5.41, 5.74) is 8.37. The molecule has 2 aromatic carbocycles. The molecule has 0 amide bonds. The summed E-state index contributed by atoms with van der Waals surface area (Å²) in [6.45, 7) is 3.99. The normalized spacial score (nSPS) is 10.1. The van der Waals surface area contributed by atoms with Crippen LogP contribution in [0.15, 0.2) is 42.5 Å². The van der Waals surface area contributed by atoms with Crippen molar-refractivity contribution in [3.63, 3.8) is 0 Å². The zero-order valence-electron chi connectivity index (χ0n) is 10.5. The van der Waals surface area contributed by atoms with E-state index in [4.69, 9.17) is 15.9 Å². The molecule has 0 unspecified atom stereocenters. The van der Waals surface area contributed by atoms with Crippen molar-refractivity contribution in [2.24, 2.45) is 5.73 Å². The molecule has 3 N–H and O–H groups in total. The molecule has 0 bridgehead atoms. The molecular weight excluding hydrogens is 224 g/mol. The van der Waals surface area contributed by atoms with Gasteiger partial charge in [0.1, 0.15) is 17.3 Å². The lowest BCUT2D eigenvalue weighted by molar-refractivity contribution is 0.480. The molecule has 0 saturated heterocycles. The van der Waals surface area contributed by atoms with E-state index < -0.39 is 0 Å². The summed E-state index contributed by atoms with van der Waals surface area (Å²) in [7, 11) is 0. The number of nitrogens with two attached hydrogens (primary N) is 1. The van der Waals surface area contributed by atoms with Gasteiger partial charge in [0.25, 0.3) is 0 Å². The maximum Gasteiger partial charge on any atom is 0.138 e. The topological polar surface area (TPSA) is 59.1 Å². The van der Waals surface area contributed by atoms with Crippen LogP contribution in [0, 0.1) is 19.3 Å². The lowest BCUT2D eigenvalue weighted by Gasteiger charge is -2.11. The first-order chi connectivity index (χ1) is 8.56. The lowest BCUT2D eigenvalue weighted by Crippen LogP contribution is -2.12. The number of aryl methyl sites for hydroxylation is 2. The minimum absolute atomic E-state index is 0.0117. The van der Waals surface area contributed by atoms with Crippen LogP contribution in [-0.2, 0) is 0 Å². The van der Waals surface area contributed by atoms with E-state index in [1.807, 2.05) is 56.3 Å². The Morgan fingerprint density at radius 3 is 2.44 bits per heavy atom. The average molecular weight is 240 g/mol. The van der Waals surface area contributed by atoms with Crippen LogP contribution in [0.25, 0.3) is 0 Å². The van der Waals surface area contributed by atoms with Gasteiger partial charge in [0.05, 0.1) is 5.56 Å². The van der Waals surface area contributed by atoms with Crippen LogP contribution in [0.2, 0.25) is 0 Å². The molecule has 0 atom stereocenters. The van der Waals surface area contributed by atoms with Gasteiger partial charge in [-0.2, -0.15) is 0 Å². The van der Waals surface area contributed by atoms with E-state index in [0.717, 1.165) is 16.9 Å². The van der Waals surface area contributed by atoms with Crippen molar-refractivity contribution in [1.29, 1.82) is 5.41 Å². The fourth-order valence-corrected chi connectivity index (χ4v) is 1.74. The van der Waals surface area contributed by atoms with Gasteiger partial charge in [-0.25, -0.2) is 0 Å². The SMILES string of the molecule is Cc1cccc(Oc2cc(C)ccc2C(=N)N)c1. The first-order valence-corrected chi connectivity index (χ1v) is 5.76. The maximum absolute atomic E-state index is 7.55. The number of amidine groups is 1. The highest BCUT2D eigenvalue weighted by molar-refractivity contribution is 5.97. The van der Waals surface area contributed by atoms with Crippen LogP contribution in [0.3, 0.4) is 0 Å². The van der Waals surface area contributed by atoms with E-state index in [9.17, 15) is 0 Å². The summed E-state index contributed by atoms with van der Waals surface area (Å²) in [6, 6.07) is 13.4. The Balaban J connectivity index is 2.39. The van der Waals surface area contributed by atoms with E-state index in [1.165, 1.54) is 0 Å². The van der Waals surface area contributed by atoms with Gasteiger partial charge in [0, 0.05) is 0 Å². The van der Waals surface area contributed by atoms with Crippen molar-refractivity contribution in [3.8, 4) is 11.5 Å². The number of nitrogens with one attached hydrogen (secondary N) is 1. The van der Waals surface area contributed by atoms with E-state index in [0.29, 0.717) is 11.3 Å². The standard InChI is InChI=1S/C15H16N2O/c1-10-4-3-5-12(8-10)18-14-9-11(2)6-7-13(14)15(16)17/h3-9H,1-2H3,(H3,16,17). The van der Waals surface area contributed by atoms with Crippen molar-refractivity contribution < 1.29 is 4.74 Å². The number of rotatable bonds is 3. The van der Waals surface area contributed by atoms with Crippen LogP contribution in [0.1, 0.15) is 16.7 Å². The van der Waals surface area contributed by atoms with Crippen molar-refractivity contribution in [1.82, 2.24) is 0 Å². The molecule has 3 nitrogen and oxygen atoms in total. The molecule has 0 aliphatic rings. The Hall–Kier alpha value is -2.29. The van der Waals surface area contributed by atoms with Gasteiger partial charge in [-0.3, -0.25) is 5.41 Å². The number of benzene rings is 2. The Morgan fingerprint density at radius 2 is 1.78 bits per heavy atom. The number of hydrogen-bond acceptors (Lipinski definition) is 2. The molecule has 0 aromatic heterocycles. The molecule has 18 heavy (non-hydrogen) atoms. The molecule has 0 saturated carbocycles. The monoisotopic (exact) mass is 240 g/mol. The predicted octanol–water partition coefficient (Wildman–Crippen LogP) is 3.38. The minimum atomic E-state index is 0.0117. The van der Waals surface area contributed by atoms with Gasteiger partial charge in [0.2, 0.25) is 0 Å². The molecule has 0 radical (unpaired) electrons. The molecule has 0 spiro atoms. The second-order valence-electron chi connectivity index (χ2n) is 4.33. The summed E-state index contributed by atoms with van der Waals surface area (Å²) in [5, 5.41) is 7.55. The quantitative estimate of drug-likeness (QED) is 0.638. The largest absolute Gasteiger partial charge is 0.457 e. The van der Waals surface area contributed by atoms with Crippen molar-refractivity contribution >= 4 is 5.84 Å². The van der Waals surface area contributed by atoms with E-state index >= 15 is 0 Å².